The van der Waals surface area contributed by atoms with E-state index < -0.39 is 14.3 Å². The van der Waals surface area contributed by atoms with Crippen LogP contribution in [-0.2, 0) is 14.3 Å². The van der Waals surface area contributed by atoms with Gasteiger partial charge in [0, 0.05) is 0 Å². The van der Waals surface area contributed by atoms with Crippen LogP contribution in [0.15, 0.2) is 0 Å². The van der Waals surface area contributed by atoms with Crippen molar-refractivity contribution in [1.82, 2.24) is 0 Å². The van der Waals surface area contributed by atoms with Gasteiger partial charge in [0.15, 0.2) is 0 Å². The van der Waals surface area contributed by atoms with Crippen molar-refractivity contribution >= 4 is 7.57 Å². The Hall–Kier alpha value is 0.933. The molecule has 5 heteroatoms. The van der Waals surface area contributed by atoms with Gasteiger partial charge in [-0.1, -0.05) is 0 Å². The molecule has 0 aliphatic rings. The molecule has 0 aliphatic carbocycles. The van der Waals surface area contributed by atoms with Gasteiger partial charge in [-0.3, -0.25) is 0 Å². The van der Waals surface area contributed by atoms with Gasteiger partial charge < -0.3 is 0 Å². The van der Waals surface area contributed by atoms with E-state index in [0.29, 0.717) is 0 Å². The van der Waals surface area contributed by atoms with Gasteiger partial charge in [0.25, 0.3) is 0 Å². The van der Waals surface area contributed by atoms with Gasteiger partial charge in [-0.2, -0.15) is 0 Å². The number of rotatable bonds is 3. The molecule has 0 aromatic rings. The maximum atomic E-state index is 8.52. The normalized spacial score (nSPS) is 14.0. The van der Waals surface area contributed by atoms with E-state index in [9.17, 15) is 0 Å². The third-order valence-corrected chi connectivity index (χ3v) is 5.89. The van der Waals surface area contributed by atoms with Crippen LogP contribution in [0.5, 0.6) is 0 Å². The Kier molecular flexibility index (Phi) is 4.32. The second-order valence-electron chi connectivity index (χ2n) is 1.22. The van der Waals surface area contributed by atoms with Gasteiger partial charge in [-0.05, 0) is 0 Å². The van der Waals surface area contributed by atoms with Crippen LogP contribution in [0.2, 0.25) is 0 Å². The molecule has 3 nitrogen and oxygen atoms in total. The molecule has 8 heavy (non-hydrogen) atoms. The van der Waals surface area contributed by atoms with Gasteiger partial charge >= 0.3 is 52.8 Å². The third-order valence-electron chi connectivity index (χ3n) is 0.630. The molecule has 1 unspecified atom stereocenters. The van der Waals surface area contributed by atoms with E-state index in [1.807, 2.05) is 0 Å². The monoisotopic (exact) mass is 229 g/mol. The fourth-order valence-electron chi connectivity index (χ4n) is 0.100. The minimum absolute atomic E-state index is 0.0576. The Morgan fingerprint density at radius 2 is 1.25 bits per heavy atom. The summed E-state index contributed by atoms with van der Waals surface area (Å²) >= 11 is -2.28. The minimum atomic E-state index is -2.28. The molecule has 0 rings (SSSR count). The van der Waals surface area contributed by atoms with Crippen molar-refractivity contribution in [2.24, 2.45) is 0 Å². The predicted molar refractivity (Wildman–Crippen MR) is 31.0 cm³/mol. The molecule has 0 aromatic carbocycles. The van der Waals surface area contributed by atoms with E-state index in [2.05, 4.69) is 7.57 Å². The first kappa shape index (κ1) is 8.93. The zero-order valence-corrected chi connectivity index (χ0v) is 7.17. The fraction of sp³-hybridized carbons (Fsp3) is 1.00. The van der Waals surface area contributed by atoms with Crippen molar-refractivity contribution < 1.29 is 29.6 Å². The summed E-state index contributed by atoms with van der Waals surface area (Å²) in [6.45, 7) is 0. The maximum absolute atomic E-state index is 8.52. The van der Waals surface area contributed by atoms with E-state index >= 15 is 0 Å². The summed E-state index contributed by atoms with van der Waals surface area (Å²) in [7, 11) is 2.35. The van der Waals surface area contributed by atoms with E-state index in [-0.39, 0.29) is 15.6 Å². The van der Waals surface area contributed by atoms with Gasteiger partial charge in [0.1, 0.15) is 0 Å². The van der Waals surface area contributed by atoms with Crippen molar-refractivity contribution in [3.8, 4) is 0 Å². The van der Waals surface area contributed by atoms with Crippen molar-refractivity contribution in [1.29, 1.82) is 0 Å². The molecule has 0 bridgehead atoms. The van der Waals surface area contributed by atoms with Crippen LogP contribution >= 0.6 is 7.57 Å². The van der Waals surface area contributed by atoms with E-state index in [4.69, 9.17) is 15.3 Å². The molecule has 0 saturated carbocycles. The zero-order chi connectivity index (χ0) is 6.62. The quantitative estimate of drug-likeness (QED) is 0.420. The Morgan fingerprint density at radius 3 is 1.25 bits per heavy atom. The molecule has 0 amide bonds. The molecule has 0 aliphatic heterocycles. The van der Waals surface area contributed by atoms with Crippen LogP contribution in [-0.4, -0.2) is 30.9 Å². The second kappa shape index (κ2) is 3.87. The summed E-state index contributed by atoms with van der Waals surface area (Å²) in [5.74, 6) is 0. The Balaban J connectivity index is 3.58. The van der Waals surface area contributed by atoms with Crippen molar-refractivity contribution in [2.45, 2.75) is 0 Å². The Bertz CT molecular complexity index is 57.3. The molecular weight excluding hydrogens is 218 g/mol. The molecule has 0 radical (unpaired) electrons. The molecule has 55 valence electrons. The first-order chi connectivity index (χ1) is 3.68. The molecule has 0 fully saturated rings. The summed E-state index contributed by atoms with van der Waals surface area (Å²) < 4.78 is 0. The van der Waals surface area contributed by atoms with Crippen LogP contribution in [0, 0.1) is 0 Å². The standard InChI is InChI=1S/3CH3O.H2P.Rh/c3*1-2;;/h3*2H,1H2;1H2;/q;;;-1;+1. The van der Waals surface area contributed by atoms with Gasteiger partial charge in [-0.25, -0.2) is 0 Å². The average Bonchev–Trinajstić information content (AvgIpc) is 1.87. The molecule has 1 atom stereocenters. The second-order valence-corrected chi connectivity index (χ2v) is 12.1. The fourth-order valence-corrected chi connectivity index (χ4v) is 0.592. The van der Waals surface area contributed by atoms with Gasteiger partial charge in [-0.15, -0.1) is 0 Å². The SMILES string of the molecule is O[CH2][Rh]([PH2])([CH2]O)[CH2]O. The Labute approximate surface area is 53.3 Å². The number of aliphatic hydroxyl groups excluding tert-OH is 3. The Morgan fingerprint density at radius 1 is 1.00 bits per heavy atom. The first-order valence-corrected chi connectivity index (χ1v) is 8.55. The number of hydrogen-bond donors (Lipinski definition) is 3. The molecular formula is C3H11O3PRh. The van der Waals surface area contributed by atoms with Crippen LogP contribution in [0.25, 0.3) is 0 Å². The predicted octanol–water partition coefficient (Wildman–Crippen LogP) is -1.22. The zero-order valence-electron chi connectivity index (χ0n) is 4.37. The van der Waals surface area contributed by atoms with Crippen LogP contribution in [0.3, 0.4) is 0 Å². The van der Waals surface area contributed by atoms with E-state index in [1.54, 1.807) is 0 Å². The summed E-state index contributed by atoms with van der Waals surface area (Å²) in [5.41, 5.74) is 0. The number of hydrogen-bond acceptors (Lipinski definition) is 3. The molecule has 0 heterocycles. The average molecular weight is 229 g/mol. The molecule has 0 aromatic heterocycles. The van der Waals surface area contributed by atoms with Crippen molar-refractivity contribution in [3.63, 3.8) is 0 Å². The third kappa shape index (κ3) is 2.47. The van der Waals surface area contributed by atoms with Crippen molar-refractivity contribution in [3.05, 3.63) is 0 Å². The van der Waals surface area contributed by atoms with Crippen molar-refractivity contribution in [2.75, 3.05) is 15.6 Å². The molecule has 0 spiro atoms. The van der Waals surface area contributed by atoms with E-state index in [0.717, 1.165) is 0 Å². The summed E-state index contributed by atoms with van der Waals surface area (Å²) in [6, 6.07) is 0. The molecule has 3 N–H and O–H groups in total. The molecule has 0 saturated heterocycles. The summed E-state index contributed by atoms with van der Waals surface area (Å²) in [5, 5.41) is 25.4. The van der Waals surface area contributed by atoms with E-state index in [1.165, 1.54) is 0 Å². The summed E-state index contributed by atoms with van der Waals surface area (Å²) in [6.07, 6.45) is 0. The van der Waals surface area contributed by atoms with Crippen LogP contribution < -0.4 is 0 Å². The van der Waals surface area contributed by atoms with Crippen LogP contribution in [0.4, 0.5) is 0 Å². The van der Waals surface area contributed by atoms with Gasteiger partial charge in [0.05, 0.1) is 0 Å². The van der Waals surface area contributed by atoms with Crippen LogP contribution in [0.1, 0.15) is 0 Å². The first-order valence-electron chi connectivity index (χ1n) is 1.85. The number of aliphatic hydroxyl groups is 3. The topological polar surface area (TPSA) is 60.7 Å². The van der Waals surface area contributed by atoms with Gasteiger partial charge in [0.2, 0.25) is 0 Å². The summed E-state index contributed by atoms with van der Waals surface area (Å²) in [4.78, 5) is 0.